The van der Waals surface area contributed by atoms with Crippen molar-refractivity contribution in [2.24, 2.45) is 0 Å². The summed E-state index contributed by atoms with van der Waals surface area (Å²) in [6, 6.07) is 13.7. The van der Waals surface area contributed by atoms with Crippen LogP contribution in [-0.2, 0) is 12.8 Å². The highest BCUT2D eigenvalue weighted by molar-refractivity contribution is 7.09. The van der Waals surface area contributed by atoms with Crippen molar-refractivity contribution in [2.45, 2.75) is 25.4 Å². The average Bonchev–Trinajstić information content (AvgIpc) is 2.91. The molecule has 3 rings (SSSR count). The summed E-state index contributed by atoms with van der Waals surface area (Å²) in [5.74, 6) is -0.0984. The third-order valence-electron chi connectivity index (χ3n) is 3.82. The van der Waals surface area contributed by atoms with Crippen LogP contribution in [0, 0.1) is 0 Å². The lowest BCUT2D eigenvalue weighted by molar-refractivity contribution is 0.167. The number of rotatable bonds is 6. The number of aryl methyl sites for hydroxylation is 1. The summed E-state index contributed by atoms with van der Waals surface area (Å²) in [6.07, 6.45) is 2.90. The van der Waals surface area contributed by atoms with Crippen LogP contribution in [0.25, 0.3) is 0 Å². The standard InChI is InChI=1S/C18H18N2O3S/c21-15(9-6-12-4-2-1-3-5-12)13-7-8-14(19-11-13)10-16-17(22)20-18(23)24-16/h1-5,7-8,11,15,21-22H,6,9-10H2,(H,20,23). The zero-order valence-electron chi connectivity index (χ0n) is 13.0. The molecule has 0 radical (unpaired) electrons. The summed E-state index contributed by atoms with van der Waals surface area (Å²) >= 11 is 0.975. The van der Waals surface area contributed by atoms with Crippen molar-refractivity contribution in [2.75, 3.05) is 0 Å². The van der Waals surface area contributed by atoms with Crippen LogP contribution >= 0.6 is 11.3 Å². The number of hydrogen-bond donors (Lipinski definition) is 3. The largest absolute Gasteiger partial charge is 0.494 e. The van der Waals surface area contributed by atoms with E-state index in [4.69, 9.17) is 0 Å². The number of aromatic amines is 1. The van der Waals surface area contributed by atoms with Crippen molar-refractivity contribution in [3.8, 4) is 5.88 Å². The number of nitrogens with one attached hydrogen (secondary N) is 1. The van der Waals surface area contributed by atoms with Crippen LogP contribution in [0.4, 0.5) is 0 Å². The zero-order valence-corrected chi connectivity index (χ0v) is 13.8. The van der Waals surface area contributed by atoms with Crippen LogP contribution in [0.2, 0.25) is 0 Å². The monoisotopic (exact) mass is 342 g/mol. The van der Waals surface area contributed by atoms with Gasteiger partial charge in [-0.25, -0.2) is 0 Å². The highest BCUT2D eigenvalue weighted by atomic mass is 32.1. The van der Waals surface area contributed by atoms with Crippen LogP contribution < -0.4 is 4.87 Å². The van der Waals surface area contributed by atoms with E-state index in [1.54, 1.807) is 6.20 Å². The molecule has 0 saturated carbocycles. The number of thiazole rings is 1. The van der Waals surface area contributed by atoms with E-state index in [1.165, 1.54) is 5.56 Å². The zero-order chi connectivity index (χ0) is 16.9. The Morgan fingerprint density at radius 2 is 1.96 bits per heavy atom. The first kappa shape index (κ1) is 16.4. The minimum Gasteiger partial charge on any atom is -0.494 e. The van der Waals surface area contributed by atoms with Crippen LogP contribution in [0.1, 0.15) is 34.2 Å². The molecule has 3 aromatic rings. The Bertz CT molecular complexity index is 841. The smallest absolute Gasteiger partial charge is 0.307 e. The van der Waals surface area contributed by atoms with E-state index in [9.17, 15) is 15.0 Å². The Balaban J connectivity index is 1.61. The third kappa shape index (κ3) is 4.10. The fourth-order valence-corrected chi connectivity index (χ4v) is 3.23. The molecular weight excluding hydrogens is 324 g/mol. The first-order valence-electron chi connectivity index (χ1n) is 7.69. The minimum atomic E-state index is -0.566. The molecular formula is C18H18N2O3S. The van der Waals surface area contributed by atoms with Crippen LogP contribution in [0.5, 0.6) is 5.88 Å². The highest BCUT2D eigenvalue weighted by Crippen LogP contribution is 2.22. The van der Waals surface area contributed by atoms with E-state index in [-0.39, 0.29) is 10.8 Å². The van der Waals surface area contributed by atoms with Gasteiger partial charge in [0.2, 0.25) is 5.88 Å². The molecule has 24 heavy (non-hydrogen) atoms. The second-order valence-electron chi connectivity index (χ2n) is 5.59. The van der Waals surface area contributed by atoms with Crippen molar-refractivity contribution in [3.63, 3.8) is 0 Å². The van der Waals surface area contributed by atoms with Gasteiger partial charge in [0.05, 0.1) is 11.0 Å². The second-order valence-corrected chi connectivity index (χ2v) is 6.65. The van der Waals surface area contributed by atoms with E-state index in [1.807, 2.05) is 42.5 Å². The van der Waals surface area contributed by atoms with E-state index in [0.717, 1.165) is 29.0 Å². The summed E-state index contributed by atoms with van der Waals surface area (Å²) < 4.78 is 0. The lowest BCUT2D eigenvalue weighted by Crippen LogP contribution is -2.01. The van der Waals surface area contributed by atoms with Gasteiger partial charge in [-0.1, -0.05) is 47.7 Å². The number of pyridine rings is 1. The molecule has 0 aliphatic carbocycles. The highest BCUT2D eigenvalue weighted by Gasteiger charge is 2.11. The summed E-state index contributed by atoms with van der Waals surface area (Å²) in [6.45, 7) is 0. The number of aromatic hydroxyl groups is 1. The van der Waals surface area contributed by atoms with Crippen LogP contribution in [-0.4, -0.2) is 20.2 Å². The van der Waals surface area contributed by atoms with Gasteiger partial charge in [0.15, 0.2) is 0 Å². The van der Waals surface area contributed by atoms with Gasteiger partial charge in [-0.3, -0.25) is 14.8 Å². The molecule has 0 saturated heterocycles. The van der Waals surface area contributed by atoms with E-state index in [2.05, 4.69) is 9.97 Å². The maximum atomic E-state index is 11.2. The van der Waals surface area contributed by atoms with Crippen molar-refractivity contribution in [1.29, 1.82) is 0 Å². The molecule has 1 aromatic carbocycles. The molecule has 3 N–H and O–H groups in total. The van der Waals surface area contributed by atoms with Crippen molar-refractivity contribution in [1.82, 2.24) is 9.97 Å². The maximum absolute atomic E-state index is 11.2. The van der Waals surface area contributed by atoms with Gasteiger partial charge < -0.3 is 10.2 Å². The van der Waals surface area contributed by atoms with Crippen molar-refractivity contribution < 1.29 is 10.2 Å². The lowest BCUT2D eigenvalue weighted by atomic mass is 10.0. The molecule has 0 spiro atoms. The average molecular weight is 342 g/mol. The molecule has 0 bridgehead atoms. The van der Waals surface area contributed by atoms with Crippen LogP contribution in [0.3, 0.4) is 0 Å². The SMILES string of the molecule is O=c1[nH]c(O)c(Cc2ccc(C(O)CCc3ccccc3)cn2)s1. The van der Waals surface area contributed by atoms with Gasteiger partial charge in [-0.05, 0) is 30.0 Å². The third-order valence-corrected chi connectivity index (χ3v) is 4.70. The normalized spacial score (nSPS) is 12.2. The number of hydrogen-bond acceptors (Lipinski definition) is 5. The van der Waals surface area contributed by atoms with Gasteiger partial charge in [-0.15, -0.1) is 0 Å². The van der Waals surface area contributed by atoms with Gasteiger partial charge in [0.1, 0.15) is 0 Å². The second kappa shape index (κ2) is 7.42. The number of aliphatic hydroxyl groups is 1. The van der Waals surface area contributed by atoms with Gasteiger partial charge >= 0.3 is 4.87 Å². The first-order chi connectivity index (χ1) is 11.6. The number of H-pyrrole nitrogens is 1. The van der Waals surface area contributed by atoms with Crippen molar-refractivity contribution >= 4 is 11.3 Å². The molecule has 124 valence electrons. The van der Waals surface area contributed by atoms with Gasteiger partial charge in [0, 0.05) is 18.3 Å². The number of aliphatic hydroxyl groups excluding tert-OH is 1. The molecule has 2 aromatic heterocycles. The summed E-state index contributed by atoms with van der Waals surface area (Å²) in [5, 5.41) is 19.9. The number of benzene rings is 1. The predicted octanol–water partition coefficient (Wildman–Crippen LogP) is 2.79. The molecule has 2 heterocycles. The quantitative estimate of drug-likeness (QED) is 0.643. The van der Waals surface area contributed by atoms with Gasteiger partial charge in [0.25, 0.3) is 0 Å². The molecule has 0 amide bonds. The molecule has 0 aliphatic rings. The summed E-state index contributed by atoms with van der Waals surface area (Å²) in [7, 11) is 0. The summed E-state index contributed by atoms with van der Waals surface area (Å²) in [4.78, 5) is 18.1. The Labute approximate surface area is 143 Å². The topological polar surface area (TPSA) is 86.2 Å². The molecule has 6 heteroatoms. The summed E-state index contributed by atoms with van der Waals surface area (Å²) in [5.41, 5.74) is 2.69. The minimum absolute atomic E-state index is 0.0984. The molecule has 1 unspecified atom stereocenters. The van der Waals surface area contributed by atoms with E-state index < -0.39 is 6.10 Å². The molecule has 0 fully saturated rings. The first-order valence-corrected chi connectivity index (χ1v) is 8.51. The molecule has 5 nitrogen and oxygen atoms in total. The van der Waals surface area contributed by atoms with Crippen molar-refractivity contribution in [3.05, 3.63) is 80.0 Å². The van der Waals surface area contributed by atoms with Crippen LogP contribution in [0.15, 0.2) is 53.5 Å². The molecule has 1 atom stereocenters. The Morgan fingerprint density at radius 3 is 2.58 bits per heavy atom. The Hall–Kier alpha value is -2.44. The fraction of sp³-hybridized carbons (Fsp3) is 0.222. The van der Waals surface area contributed by atoms with E-state index in [0.29, 0.717) is 17.7 Å². The maximum Gasteiger partial charge on any atom is 0.307 e. The number of aromatic nitrogens is 2. The Morgan fingerprint density at radius 1 is 1.17 bits per heavy atom. The predicted molar refractivity (Wildman–Crippen MR) is 93.4 cm³/mol. The van der Waals surface area contributed by atoms with E-state index >= 15 is 0 Å². The Kier molecular flexibility index (Phi) is 5.08. The molecule has 0 aliphatic heterocycles. The fourth-order valence-electron chi connectivity index (χ4n) is 2.49. The van der Waals surface area contributed by atoms with Gasteiger partial charge in [-0.2, -0.15) is 0 Å². The lowest BCUT2D eigenvalue weighted by Gasteiger charge is -2.11. The number of nitrogens with zero attached hydrogens (tertiary/aromatic N) is 1.